The van der Waals surface area contributed by atoms with Crippen molar-refractivity contribution in [2.24, 2.45) is 0 Å². The van der Waals surface area contributed by atoms with Gasteiger partial charge in [0.15, 0.2) is 0 Å². The van der Waals surface area contributed by atoms with Crippen molar-refractivity contribution in [3.63, 3.8) is 0 Å². The number of halogens is 2. The Morgan fingerprint density at radius 3 is 2.35 bits per heavy atom. The zero-order valence-corrected chi connectivity index (χ0v) is 15.9. The van der Waals surface area contributed by atoms with Crippen LogP contribution in [0.1, 0.15) is 46.1 Å². The minimum atomic E-state index is -0.508. The zero-order chi connectivity index (χ0) is 17.5. The van der Waals surface area contributed by atoms with Crippen LogP contribution >= 0.6 is 23.2 Å². The van der Waals surface area contributed by atoms with Crippen LogP contribution in [0.15, 0.2) is 30.3 Å². The Kier molecular flexibility index (Phi) is 8.21. The molecule has 0 fully saturated rings. The van der Waals surface area contributed by atoms with Gasteiger partial charge in [-0.2, -0.15) is 0 Å². The topological polar surface area (TPSA) is 29.5 Å². The molecule has 0 radical (unpaired) electrons. The highest BCUT2D eigenvalue weighted by Gasteiger charge is 2.22. The molecule has 130 valence electrons. The third-order valence-electron chi connectivity index (χ3n) is 3.27. The number of benzene rings is 1. The van der Waals surface area contributed by atoms with E-state index in [9.17, 15) is 4.79 Å². The van der Waals surface area contributed by atoms with Crippen molar-refractivity contribution >= 4 is 29.3 Å². The summed E-state index contributed by atoms with van der Waals surface area (Å²) in [6.07, 6.45) is 1.25. The molecule has 3 nitrogen and oxygen atoms in total. The zero-order valence-electron chi connectivity index (χ0n) is 14.4. The molecule has 23 heavy (non-hydrogen) atoms. The number of alkyl halides is 2. The Morgan fingerprint density at radius 1 is 1.22 bits per heavy atom. The van der Waals surface area contributed by atoms with E-state index in [2.05, 4.69) is 0 Å². The first-order valence-corrected chi connectivity index (χ1v) is 8.86. The molecule has 0 saturated heterocycles. The summed E-state index contributed by atoms with van der Waals surface area (Å²) in [7, 11) is 0. The molecule has 0 N–H and O–H groups in total. The van der Waals surface area contributed by atoms with Gasteiger partial charge in [0.25, 0.3) is 0 Å². The molecule has 0 aliphatic rings. The normalized spacial score (nSPS) is 14.2. The maximum absolute atomic E-state index is 12.4. The predicted octanol–water partition coefficient (Wildman–Crippen LogP) is 5.44. The summed E-state index contributed by atoms with van der Waals surface area (Å²) < 4.78 is 5.50. The van der Waals surface area contributed by atoms with E-state index in [1.165, 1.54) is 0 Å². The maximum atomic E-state index is 12.4. The first-order chi connectivity index (χ1) is 10.7. The molecule has 0 aliphatic carbocycles. The van der Waals surface area contributed by atoms with Gasteiger partial charge in [0.2, 0.25) is 0 Å². The van der Waals surface area contributed by atoms with Gasteiger partial charge >= 0.3 is 6.09 Å². The molecule has 0 heterocycles. The number of ether oxygens (including phenoxy) is 1. The summed E-state index contributed by atoms with van der Waals surface area (Å²) in [6.45, 7) is 8.62. The molecule has 1 aromatic rings. The van der Waals surface area contributed by atoms with Crippen molar-refractivity contribution < 1.29 is 9.53 Å². The average molecular weight is 360 g/mol. The van der Waals surface area contributed by atoms with Gasteiger partial charge in [-0.1, -0.05) is 30.3 Å². The number of hydrogen-bond acceptors (Lipinski definition) is 2. The fourth-order valence-electron chi connectivity index (χ4n) is 2.07. The van der Waals surface area contributed by atoms with E-state index in [4.69, 9.17) is 27.9 Å². The Labute approximate surface area is 149 Å². The number of nitrogens with zero attached hydrogens (tertiary/aromatic N) is 1. The van der Waals surface area contributed by atoms with E-state index in [0.29, 0.717) is 13.1 Å². The summed E-state index contributed by atoms with van der Waals surface area (Å²) in [5.41, 5.74) is 0.567. The summed E-state index contributed by atoms with van der Waals surface area (Å²) in [4.78, 5) is 14.1. The van der Waals surface area contributed by atoms with Gasteiger partial charge in [-0.3, -0.25) is 0 Å². The second kappa shape index (κ2) is 9.39. The third kappa shape index (κ3) is 8.47. The minimum Gasteiger partial charge on any atom is -0.444 e. The van der Waals surface area contributed by atoms with Crippen LogP contribution in [0.4, 0.5) is 4.79 Å². The third-order valence-corrected chi connectivity index (χ3v) is 4.30. The molecule has 2 atom stereocenters. The summed E-state index contributed by atoms with van der Waals surface area (Å²) in [5, 5.41) is -0.172. The van der Waals surface area contributed by atoms with E-state index in [-0.39, 0.29) is 16.8 Å². The molecular weight excluding hydrogens is 333 g/mol. The first kappa shape index (κ1) is 20.1. The molecule has 1 rings (SSSR count). The van der Waals surface area contributed by atoms with E-state index in [1.807, 2.05) is 58.0 Å². The quantitative estimate of drug-likeness (QED) is 0.606. The van der Waals surface area contributed by atoms with Crippen LogP contribution < -0.4 is 0 Å². The minimum absolute atomic E-state index is 0.0826. The maximum Gasteiger partial charge on any atom is 0.410 e. The number of carbonyl (C=O) groups is 1. The first-order valence-electron chi connectivity index (χ1n) is 7.99. The van der Waals surface area contributed by atoms with Crippen LogP contribution in [-0.4, -0.2) is 33.9 Å². The number of hydrogen-bond donors (Lipinski definition) is 0. The fraction of sp³-hybridized carbons (Fsp3) is 0.611. The molecule has 1 aromatic carbocycles. The molecule has 0 bridgehead atoms. The van der Waals surface area contributed by atoms with Crippen LogP contribution in [0.3, 0.4) is 0 Å². The van der Waals surface area contributed by atoms with E-state index in [0.717, 1.165) is 18.4 Å². The molecule has 0 aromatic heterocycles. The van der Waals surface area contributed by atoms with Crippen molar-refractivity contribution in [2.75, 3.05) is 6.54 Å². The Bertz CT molecular complexity index is 472. The van der Waals surface area contributed by atoms with E-state index >= 15 is 0 Å². The van der Waals surface area contributed by atoms with Gasteiger partial charge in [0.05, 0.1) is 0 Å². The van der Waals surface area contributed by atoms with Crippen LogP contribution in [-0.2, 0) is 11.3 Å². The lowest BCUT2D eigenvalue weighted by molar-refractivity contribution is 0.0230. The van der Waals surface area contributed by atoms with E-state index in [1.54, 1.807) is 4.90 Å². The van der Waals surface area contributed by atoms with Crippen molar-refractivity contribution in [1.82, 2.24) is 4.90 Å². The van der Waals surface area contributed by atoms with E-state index < -0.39 is 5.60 Å². The largest absolute Gasteiger partial charge is 0.444 e. The summed E-state index contributed by atoms with van der Waals surface area (Å²) in [5.74, 6) is 0. The molecule has 0 unspecified atom stereocenters. The highest BCUT2D eigenvalue weighted by atomic mass is 35.5. The standard InChI is InChI=1S/C18H27Cl2NO2/c1-14(19)16(20)11-8-12-21(17(22)23-18(2,3)4)13-15-9-6-5-7-10-15/h5-7,9-10,14,16H,8,11-13H2,1-4H3/t14-,16+/m0/s1. The molecule has 0 spiro atoms. The van der Waals surface area contributed by atoms with Gasteiger partial charge in [-0.25, -0.2) is 4.79 Å². The van der Waals surface area contributed by atoms with Gasteiger partial charge in [0, 0.05) is 23.8 Å². The second-order valence-corrected chi connectivity index (χ2v) is 7.97. The van der Waals surface area contributed by atoms with Crippen molar-refractivity contribution in [1.29, 1.82) is 0 Å². The second-order valence-electron chi connectivity index (χ2n) is 6.72. The number of amides is 1. The predicted molar refractivity (Wildman–Crippen MR) is 97.3 cm³/mol. The van der Waals surface area contributed by atoms with Crippen molar-refractivity contribution in [3.8, 4) is 0 Å². The Hall–Kier alpha value is -0.930. The Balaban J connectivity index is 2.66. The van der Waals surface area contributed by atoms with Gasteiger partial charge < -0.3 is 9.64 Å². The van der Waals surface area contributed by atoms with Crippen LogP contribution in [0.5, 0.6) is 0 Å². The summed E-state index contributed by atoms with van der Waals surface area (Å²) >= 11 is 12.2. The molecule has 0 saturated carbocycles. The van der Waals surface area contributed by atoms with Crippen molar-refractivity contribution in [3.05, 3.63) is 35.9 Å². The highest BCUT2D eigenvalue weighted by Crippen LogP contribution is 2.17. The fourth-order valence-corrected chi connectivity index (χ4v) is 2.35. The molecule has 0 aliphatic heterocycles. The lowest BCUT2D eigenvalue weighted by Gasteiger charge is -2.28. The van der Waals surface area contributed by atoms with Crippen LogP contribution in [0, 0.1) is 0 Å². The lowest BCUT2D eigenvalue weighted by Crippen LogP contribution is -2.37. The van der Waals surface area contributed by atoms with Crippen LogP contribution in [0.25, 0.3) is 0 Å². The monoisotopic (exact) mass is 359 g/mol. The SMILES string of the molecule is C[C@H](Cl)[C@H](Cl)CCCN(Cc1ccccc1)C(=O)OC(C)(C)C. The van der Waals surface area contributed by atoms with Gasteiger partial charge in [-0.15, -0.1) is 23.2 Å². The Morgan fingerprint density at radius 2 is 1.83 bits per heavy atom. The molecular formula is C18H27Cl2NO2. The van der Waals surface area contributed by atoms with Crippen molar-refractivity contribution in [2.45, 2.75) is 63.4 Å². The van der Waals surface area contributed by atoms with Crippen LogP contribution in [0.2, 0.25) is 0 Å². The summed E-state index contributed by atoms with van der Waals surface area (Å²) in [6, 6.07) is 9.89. The average Bonchev–Trinajstić information content (AvgIpc) is 2.45. The molecule has 5 heteroatoms. The van der Waals surface area contributed by atoms with Gasteiger partial charge in [-0.05, 0) is 46.1 Å². The smallest absolute Gasteiger partial charge is 0.410 e. The highest BCUT2D eigenvalue weighted by molar-refractivity contribution is 6.29. The van der Waals surface area contributed by atoms with Gasteiger partial charge in [0.1, 0.15) is 5.60 Å². The number of carbonyl (C=O) groups excluding carboxylic acids is 1. The lowest BCUT2D eigenvalue weighted by atomic mass is 10.1. The number of rotatable bonds is 7. The molecule has 1 amide bonds.